The number of aromatic nitrogens is 2. The van der Waals surface area contributed by atoms with Crippen LogP contribution in [0.1, 0.15) is 62.5 Å². The van der Waals surface area contributed by atoms with Crippen molar-refractivity contribution in [3.05, 3.63) is 17.0 Å². The van der Waals surface area contributed by atoms with Crippen molar-refractivity contribution in [2.24, 2.45) is 0 Å². The van der Waals surface area contributed by atoms with Gasteiger partial charge < -0.3 is 4.74 Å². The zero-order valence-electron chi connectivity index (χ0n) is 12.2. The van der Waals surface area contributed by atoms with Gasteiger partial charge in [-0.1, -0.05) is 20.8 Å². The Hall–Kier alpha value is -0.540. The Morgan fingerprint density at radius 2 is 1.94 bits per heavy atom. The minimum absolute atomic E-state index is 0.0680. The molecular weight excluding hydrogens is 248 g/mol. The molecule has 0 saturated carbocycles. The molecule has 0 aliphatic carbocycles. The maximum Gasteiger partial charge on any atom is 0.0727 e. The van der Waals surface area contributed by atoms with E-state index in [1.54, 1.807) is 7.11 Å². The van der Waals surface area contributed by atoms with Crippen molar-refractivity contribution in [3.8, 4) is 0 Å². The Morgan fingerprint density at radius 1 is 1.28 bits per heavy atom. The van der Waals surface area contributed by atoms with Crippen LogP contribution in [0, 0.1) is 0 Å². The summed E-state index contributed by atoms with van der Waals surface area (Å²) in [6.45, 7) is 9.22. The van der Waals surface area contributed by atoms with Gasteiger partial charge in [-0.25, -0.2) is 0 Å². The highest BCUT2D eigenvalue weighted by Crippen LogP contribution is 2.32. The van der Waals surface area contributed by atoms with Crippen LogP contribution in [0.25, 0.3) is 0 Å². The molecule has 1 rings (SSSR count). The van der Waals surface area contributed by atoms with Gasteiger partial charge in [0.25, 0.3) is 0 Å². The fourth-order valence-corrected chi connectivity index (χ4v) is 2.64. The third-order valence-electron chi connectivity index (χ3n) is 3.29. The molecule has 0 radical (unpaired) electrons. The third kappa shape index (κ3) is 3.07. The molecule has 3 nitrogen and oxygen atoms in total. The van der Waals surface area contributed by atoms with E-state index in [1.807, 2.05) is 0 Å². The first kappa shape index (κ1) is 15.5. The van der Waals surface area contributed by atoms with E-state index in [1.165, 1.54) is 11.3 Å². The summed E-state index contributed by atoms with van der Waals surface area (Å²) in [5, 5.41) is 4.81. The van der Waals surface area contributed by atoms with Gasteiger partial charge in [-0.2, -0.15) is 5.10 Å². The van der Waals surface area contributed by atoms with E-state index >= 15 is 0 Å². The number of aryl methyl sites for hydroxylation is 1. The lowest BCUT2D eigenvalue weighted by Gasteiger charge is -2.16. The summed E-state index contributed by atoms with van der Waals surface area (Å²) in [7, 11) is 1.73. The van der Waals surface area contributed by atoms with Gasteiger partial charge in [-0.05, 0) is 26.2 Å². The Labute approximate surface area is 115 Å². The molecule has 0 bridgehead atoms. The largest absolute Gasteiger partial charge is 0.382 e. The van der Waals surface area contributed by atoms with Crippen molar-refractivity contribution in [2.45, 2.75) is 58.4 Å². The van der Waals surface area contributed by atoms with Gasteiger partial charge in [0.1, 0.15) is 0 Å². The van der Waals surface area contributed by atoms with Crippen LogP contribution in [0.3, 0.4) is 0 Å². The molecule has 104 valence electrons. The average Bonchev–Trinajstić information content (AvgIpc) is 2.76. The molecule has 4 heteroatoms. The summed E-state index contributed by atoms with van der Waals surface area (Å²) in [4.78, 5) is 0. The lowest BCUT2D eigenvalue weighted by Crippen LogP contribution is -2.15. The Balaban J connectivity index is 3.23. The van der Waals surface area contributed by atoms with Crippen molar-refractivity contribution in [1.82, 2.24) is 9.78 Å². The van der Waals surface area contributed by atoms with Gasteiger partial charge in [0.15, 0.2) is 0 Å². The molecule has 0 N–H and O–H groups in total. The molecule has 0 fully saturated rings. The topological polar surface area (TPSA) is 27.1 Å². The maximum absolute atomic E-state index is 6.47. The molecule has 2 unspecified atom stereocenters. The number of alkyl halides is 1. The second-order valence-electron chi connectivity index (χ2n) is 4.64. The molecule has 0 amide bonds. The van der Waals surface area contributed by atoms with Gasteiger partial charge in [-0.3, -0.25) is 4.68 Å². The Kier molecular flexibility index (Phi) is 6.16. The van der Waals surface area contributed by atoms with E-state index in [0.717, 1.165) is 25.0 Å². The van der Waals surface area contributed by atoms with Gasteiger partial charge in [0, 0.05) is 18.4 Å². The van der Waals surface area contributed by atoms with Crippen molar-refractivity contribution >= 4 is 11.6 Å². The predicted molar refractivity (Wildman–Crippen MR) is 76.5 cm³/mol. The van der Waals surface area contributed by atoms with Crippen LogP contribution in [0.2, 0.25) is 0 Å². The smallest absolute Gasteiger partial charge is 0.0727 e. The van der Waals surface area contributed by atoms with E-state index in [9.17, 15) is 0 Å². The highest BCUT2D eigenvalue weighted by molar-refractivity contribution is 6.20. The van der Waals surface area contributed by atoms with Crippen molar-refractivity contribution in [3.63, 3.8) is 0 Å². The molecule has 2 atom stereocenters. The normalized spacial score (nSPS) is 14.8. The fraction of sp³-hybridized carbons (Fsp3) is 0.786. The van der Waals surface area contributed by atoms with Crippen molar-refractivity contribution in [1.29, 1.82) is 0 Å². The first-order chi connectivity index (χ1) is 8.60. The zero-order valence-corrected chi connectivity index (χ0v) is 12.9. The average molecular weight is 273 g/mol. The number of rotatable bonds is 7. The highest BCUT2D eigenvalue weighted by atomic mass is 35.5. The molecule has 0 aromatic carbocycles. The van der Waals surface area contributed by atoms with E-state index in [2.05, 4.69) is 32.4 Å². The van der Waals surface area contributed by atoms with Gasteiger partial charge >= 0.3 is 0 Å². The first-order valence-corrected chi connectivity index (χ1v) is 7.27. The Bertz CT molecular complexity index is 376. The Morgan fingerprint density at radius 3 is 2.39 bits per heavy atom. The summed E-state index contributed by atoms with van der Waals surface area (Å²) in [6.07, 6.45) is 2.82. The van der Waals surface area contributed by atoms with Crippen LogP contribution >= 0.6 is 11.6 Å². The monoisotopic (exact) mass is 272 g/mol. The molecule has 0 aliphatic rings. The van der Waals surface area contributed by atoms with Gasteiger partial charge in [0.2, 0.25) is 0 Å². The fourth-order valence-electron chi connectivity index (χ4n) is 2.39. The lowest BCUT2D eigenvalue weighted by atomic mass is 10.0. The SMILES string of the molecule is CCc1nn(C(C)COC)c(CC)c1C(Cl)CC. The second-order valence-corrected chi connectivity index (χ2v) is 5.17. The van der Waals surface area contributed by atoms with Gasteiger partial charge in [0.05, 0.1) is 23.7 Å². The summed E-state index contributed by atoms with van der Waals surface area (Å²) >= 11 is 6.47. The lowest BCUT2D eigenvalue weighted by molar-refractivity contribution is 0.155. The highest BCUT2D eigenvalue weighted by Gasteiger charge is 2.22. The second kappa shape index (κ2) is 7.15. The van der Waals surface area contributed by atoms with Gasteiger partial charge in [-0.15, -0.1) is 11.6 Å². The summed E-state index contributed by atoms with van der Waals surface area (Å²) < 4.78 is 7.33. The molecule has 1 heterocycles. The van der Waals surface area contributed by atoms with E-state index in [-0.39, 0.29) is 11.4 Å². The number of hydrogen-bond donors (Lipinski definition) is 0. The zero-order chi connectivity index (χ0) is 13.7. The molecular formula is C14H25ClN2O. The first-order valence-electron chi connectivity index (χ1n) is 6.83. The third-order valence-corrected chi connectivity index (χ3v) is 3.82. The number of nitrogens with zero attached hydrogens (tertiary/aromatic N) is 2. The molecule has 0 spiro atoms. The van der Waals surface area contributed by atoms with Crippen LogP contribution in [0.15, 0.2) is 0 Å². The van der Waals surface area contributed by atoms with Crippen molar-refractivity contribution < 1.29 is 4.74 Å². The molecule has 0 saturated heterocycles. The van der Waals surface area contributed by atoms with Crippen LogP contribution < -0.4 is 0 Å². The van der Waals surface area contributed by atoms with E-state index in [0.29, 0.717) is 6.61 Å². The molecule has 1 aromatic rings. The predicted octanol–water partition coefficient (Wildman–Crippen LogP) is 3.91. The summed E-state index contributed by atoms with van der Waals surface area (Å²) in [6, 6.07) is 0.254. The number of hydrogen-bond acceptors (Lipinski definition) is 2. The number of ether oxygens (including phenoxy) is 1. The molecule has 0 aliphatic heterocycles. The molecule has 1 aromatic heterocycles. The standard InChI is InChI=1S/C14H25ClN2O/c1-6-11(15)14-12(7-2)16-17(13(14)8-3)10(4)9-18-5/h10-11H,6-9H2,1-5H3. The van der Waals surface area contributed by atoms with Crippen LogP contribution in [0.5, 0.6) is 0 Å². The number of methoxy groups -OCH3 is 1. The van der Waals surface area contributed by atoms with E-state index in [4.69, 9.17) is 21.4 Å². The maximum atomic E-state index is 6.47. The summed E-state index contributed by atoms with van der Waals surface area (Å²) in [5.74, 6) is 0. The summed E-state index contributed by atoms with van der Waals surface area (Å²) in [5.41, 5.74) is 3.64. The quantitative estimate of drug-likeness (QED) is 0.704. The van der Waals surface area contributed by atoms with Crippen LogP contribution in [-0.2, 0) is 17.6 Å². The minimum Gasteiger partial charge on any atom is -0.382 e. The minimum atomic E-state index is 0.0680. The number of halogens is 1. The van der Waals surface area contributed by atoms with Crippen LogP contribution in [0.4, 0.5) is 0 Å². The van der Waals surface area contributed by atoms with E-state index < -0.39 is 0 Å². The van der Waals surface area contributed by atoms with Crippen LogP contribution in [-0.4, -0.2) is 23.5 Å². The molecule has 18 heavy (non-hydrogen) atoms. The van der Waals surface area contributed by atoms with Crippen molar-refractivity contribution in [2.75, 3.05) is 13.7 Å².